The Balaban J connectivity index is 2.52. The molecule has 1 atom stereocenters. The minimum atomic E-state index is -0.366. The first-order valence-corrected chi connectivity index (χ1v) is 7.89. The second-order valence-electron chi connectivity index (χ2n) is 5.54. The molecule has 5 nitrogen and oxygen atoms in total. The van der Waals surface area contributed by atoms with Crippen LogP contribution in [0.3, 0.4) is 0 Å². The van der Waals surface area contributed by atoms with Gasteiger partial charge in [-0.25, -0.2) is 0 Å². The number of carbonyl (C=O) groups is 2. The van der Waals surface area contributed by atoms with Gasteiger partial charge >= 0.3 is 5.97 Å². The Bertz CT molecular complexity index is 351. The number of hydrogen-bond donors (Lipinski definition) is 1. The monoisotopic (exact) mass is 296 g/mol. The van der Waals surface area contributed by atoms with Crippen LogP contribution in [0.4, 0.5) is 0 Å². The second-order valence-corrected chi connectivity index (χ2v) is 5.54. The molecule has 0 bridgehead atoms. The lowest BCUT2D eigenvalue weighted by Gasteiger charge is -2.29. The lowest BCUT2D eigenvalue weighted by atomic mass is 9.95. The Morgan fingerprint density at radius 1 is 1.38 bits per heavy atom. The third kappa shape index (κ3) is 6.29. The molecule has 0 spiro atoms. The van der Waals surface area contributed by atoms with Gasteiger partial charge < -0.3 is 10.1 Å². The van der Waals surface area contributed by atoms with Crippen molar-refractivity contribution in [3.05, 3.63) is 12.7 Å². The summed E-state index contributed by atoms with van der Waals surface area (Å²) in [5.74, 6) is -0.329. The van der Waals surface area contributed by atoms with Crippen molar-refractivity contribution in [2.45, 2.75) is 58.0 Å². The Kier molecular flexibility index (Phi) is 8.05. The summed E-state index contributed by atoms with van der Waals surface area (Å²) in [5, 5.41) is 3.10. The number of nitrogens with one attached hydrogen (secondary N) is 1. The predicted molar refractivity (Wildman–Crippen MR) is 82.9 cm³/mol. The maximum absolute atomic E-state index is 12.3. The van der Waals surface area contributed by atoms with Crippen LogP contribution in [0.1, 0.15) is 46.0 Å². The van der Waals surface area contributed by atoms with Crippen LogP contribution in [0, 0.1) is 0 Å². The molecule has 0 aromatic rings. The summed E-state index contributed by atoms with van der Waals surface area (Å²) < 4.78 is 4.95. The molecule has 5 heteroatoms. The SMILES string of the molecule is C=CCN(CC(=O)OCC)C(C)C(=O)NC1CCCCC1. The van der Waals surface area contributed by atoms with Crippen molar-refractivity contribution < 1.29 is 14.3 Å². The molecule has 1 saturated carbocycles. The van der Waals surface area contributed by atoms with Crippen molar-refractivity contribution in [3.8, 4) is 0 Å². The molecule has 1 rings (SSSR count). The van der Waals surface area contributed by atoms with Crippen molar-refractivity contribution in [2.75, 3.05) is 19.7 Å². The molecule has 1 unspecified atom stereocenters. The molecule has 0 radical (unpaired) electrons. The quantitative estimate of drug-likeness (QED) is 0.549. The minimum absolute atomic E-state index is 0.0203. The minimum Gasteiger partial charge on any atom is -0.465 e. The maximum atomic E-state index is 12.3. The van der Waals surface area contributed by atoms with E-state index in [2.05, 4.69) is 11.9 Å². The summed E-state index contributed by atoms with van der Waals surface area (Å²) >= 11 is 0. The summed E-state index contributed by atoms with van der Waals surface area (Å²) in [5.41, 5.74) is 0. The lowest BCUT2D eigenvalue weighted by Crippen LogP contribution is -2.50. The van der Waals surface area contributed by atoms with Crippen LogP contribution in [-0.4, -0.2) is 48.6 Å². The van der Waals surface area contributed by atoms with E-state index in [1.807, 2.05) is 6.92 Å². The van der Waals surface area contributed by atoms with E-state index in [-0.39, 0.29) is 30.5 Å². The van der Waals surface area contributed by atoms with Crippen molar-refractivity contribution in [1.82, 2.24) is 10.2 Å². The number of ether oxygens (including phenoxy) is 1. The molecular weight excluding hydrogens is 268 g/mol. The van der Waals surface area contributed by atoms with E-state index in [4.69, 9.17) is 4.74 Å². The largest absolute Gasteiger partial charge is 0.465 e. The van der Waals surface area contributed by atoms with Crippen LogP contribution < -0.4 is 5.32 Å². The van der Waals surface area contributed by atoms with Crippen LogP contribution >= 0.6 is 0 Å². The van der Waals surface area contributed by atoms with Gasteiger partial charge in [0.1, 0.15) is 0 Å². The number of carbonyl (C=O) groups excluding carboxylic acids is 2. The van der Waals surface area contributed by atoms with Gasteiger partial charge in [0.05, 0.1) is 19.2 Å². The van der Waals surface area contributed by atoms with Crippen LogP contribution in [-0.2, 0) is 14.3 Å². The van der Waals surface area contributed by atoms with E-state index < -0.39 is 0 Å². The van der Waals surface area contributed by atoms with E-state index in [1.165, 1.54) is 19.3 Å². The van der Waals surface area contributed by atoms with E-state index in [9.17, 15) is 9.59 Å². The van der Waals surface area contributed by atoms with Crippen molar-refractivity contribution in [2.24, 2.45) is 0 Å². The fourth-order valence-electron chi connectivity index (χ4n) is 2.63. The van der Waals surface area contributed by atoms with Gasteiger partial charge in [-0.15, -0.1) is 6.58 Å². The molecule has 0 heterocycles. The van der Waals surface area contributed by atoms with Gasteiger partial charge in [-0.05, 0) is 26.7 Å². The third-order valence-corrected chi connectivity index (χ3v) is 3.88. The second kappa shape index (κ2) is 9.55. The highest BCUT2D eigenvalue weighted by Gasteiger charge is 2.25. The van der Waals surface area contributed by atoms with Gasteiger partial charge in [-0.3, -0.25) is 14.5 Å². The Morgan fingerprint density at radius 3 is 2.62 bits per heavy atom. The van der Waals surface area contributed by atoms with E-state index >= 15 is 0 Å². The molecule has 0 saturated heterocycles. The molecular formula is C16H28N2O3. The topological polar surface area (TPSA) is 58.6 Å². The molecule has 0 aliphatic heterocycles. The zero-order valence-corrected chi connectivity index (χ0v) is 13.3. The van der Waals surface area contributed by atoms with Crippen LogP contribution in [0.15, 0.2) is 12.7 Å². The number of esters is 1. The molecule has 120 valence electrons. The van der Waals surface area contributed by atoms with E-state index in [1.54, 1.807) is 17.9 Å². The normalized spacial score (nSPS) is 17.3. The average molecular weight is 296 g/mol. The molecule has 1 N–H and O–H groups in total. The number of nitrogens with zero attached hydrogens (tertiary/aromatic N) is 1. The van der Waals surface area contributed by atoms with Gasteiger partial charge in [-0.1, -0.05) is 25.3 Å². The molecule has 1 fully saturated rings. The highest BCUT2D eigenvalue weighted by molar-refractivity contribution is 5.82. The van der Waals surface area contributed by atoms with Gasteiger partial charge in [0.25, 0.3) is 0 Å². The fraction of sp³-hybridized carbons (Fsp3) is 0.750. The Hall–Kier alpha value is -1.36. The summed E-state index contributed by atoms with van der Waals surface area (Å²) in [6.45, 7) is 8.22. The van der Waals surface area contributed by atoms with Gasteiger partial charge in [-0.2, -0.15) is 0 Å². The average Bonchev–Trinajstić information content (AvgIpc) is 2.47. The van der Waals surface area contributed by atoms with Gasteiger partial charge in [0.2, 0.25) is 5.91 Å². The first-order valence-electron chi connectivity index (χ1n) is 7.89. The Labute approximate surface area is 127 Å². The molecule has 0 aromatic carbocycles. The third-order valence-electron chi connectivity index (χ3n) is 3.88. The summed E-state index contributed by atoms with van der Waals surface area (Å²) in [6.07, 6.45) is 7.42. The Morgan fingerprint density at radius 2 is 2.05 bits per heavy atom. The van der Waals surface area contributed by atoms with Crippen LogP contribution in [0.25, 0.3) is 0 Å². The summed E-state index contributed by atoms with van der Waals surface area (Å²) in [4.78, 5) is 25.7. The number of amides is 1. The van der Waals surface area contributed by atoms with Crippen molar-refractivity contribution in [1.29, 1.82) is 0 Å². The van der Waals surface area contributed by atoms with E-state index in [0.717, 1.165) is 12.8 Å². The first-order chi connectivity index (χ1) is 10.1. The first kappa shape index (κ1) is 17.7. The zero-order chi connectivity index (χ0) is 15.7. The van der Waals surface area contributed by atoms with Crippen LogP contribution in [0.2, 0.25) is 0 Å². The van der Waals surface area contributed by atoms with Crippen LogP contribution in [0.5, 0.6) is 0 Å². The molecule has 0 aromatic heterocycles. The molecule has 1 amide bonds. The maximum Gasteiger partial charge on any atom is 0.320 e. The molecule has 1 aliphatic rings. The van der Waals surface area contributed by atoms with Gasteiger partial charge in [0, 0.05) is 12.6 Å². The van der Waals surface area contributed by atoms with Crippen molar-refractivity contribution >= 4 is 11.9 Å². The van der Waals surface area contributed by atoms with Gasteiger partial charge in [0.15, 0.2) is 0 Å². The standard InChI is InChI=1S/C16H28N2O3/c1-4-11-18(12-15(19)21-5-2)13(3)16(20)17-14-9-7-6-8-10-14/h4,13-14H,1,5-12H2,2-3H3,(H,17,20). The fourth-order valence-corrected chi connectivity index (χ4v) is 2.63. The molecule has 1 aliphatic carbocycles. The number of rotatable bonds is 8. The smallest absolute Gasteiger partial charge is 0.320 e. The summed E-state index contributed by atoms with van der Waals surface area (Å²) in [7, 11) is 0. The van der Waals surface area contributed by atoms with Crippen molar-refractivity contribution in [3.63, 3.8) is 0 Å². The number of hydrogen-bond acceptors (Lipinski definition) is 4. The predicted octanol–water partition coefficient (Wildman–Crippen LogP) is 1.87. The highest BCUT2D eigenvalue weighted by atomic mass is 16.5. The highest BCUT2D eigenvalue weighted by Crippen LogP contribution is 2.17. The molecule has 21 heavy (non-hydrogen) atoms. The van der Waals surface area contributed by atoms with E-state index in [0.29, 0.717) is 13.2 Å². The lowest BCUT2D eigenvalue weighted by molar-refractivity contribution is -0.145. The zero-order valence-electron chi connectivity index (χ0n) is 13.3. The summed E-state index contributed by atoms with van der Waals surface area (Å²) in [6, 6.07) is -0.0868.